The van der Waals surface area contributed by atoms with Crippen LogP contribution in [0.2, 0.25) is 0 Å². The van der Waals surface area contributed by atoms with Crippen molar-refractivity contribution in [1.82, 2.24) is 4.98 Å². The minimum absolute atomic E-state index is 0.0147. The van der Waals surface area contributed by atoms with Gasteiger partial charge in [-0.15, -0.1) is 11.3 Å². The molecule has 0 aromatic carbocycles. The molecule has 0 atom stereocenters. The molecule has 0 saturated carbocycles. The molecule has 2 aromatic rings. The van der Waals surface area contributed by atoms with Gasteiger partial charge in [-0.3, -0.25) is 0 Å². The van der Waals surface area contributed by atoms with E-state index in [2.05, 4.69) is 32.4 Å². The van der Waals surface area contributed by atoms with Crippen LogP contribution >= 0.6 is 27.3 Å². The predicted octanol–water partition coefficient (Wildman–Crippen LogP) is 3.03. The van der Waals surface area contributed by atoms with Crippen LogP contribution in [0.15, 0.2) is 33.6 Å². The second-order valence-corrected chi connectivity index (χ2v) is 6.05. The Kier molecular flexibility index (Phi) is 4.15. The van der Waals surface area contributed by atoms with E-state index < -0.39 is 0 Å². The number of aliphatic hydroxyl groups excluding tert-OH is 1. The molecule has 0 aliphatic rings. The van der Waals surface area contributed by atoms with Crippen molar-refractivity contribution in [2.75, 3.05) is 11.9 Å². The minimum atomic E-state index is 0.0147. The third-order valence-electron chi connectivity index (χ3n) is 2.44. The highest BCUT2D eigenvalue weighted by Crippen LogP contribution is 2.23. The van der Waals surface area contributed by atoms with Crippen molar-refractivity contribution in [3.63, 3.8) is 0 Å². The van der Waals surface area contributed by atoms with Crippen molar-refractivity contribution in [2.45, 2.75) is 13.2 Å². The van der Waals surface area contributed by atoms with Gasteiger partial charge in [0.05, 0.1) is 10.4 Å². The van der Waals surface area contributed by atoms with Crippen LogP contribution in [-0.4, -0.2) is 17.1 Å². The zero-order chi connectivity index (χ0) is 12.3. The Bertz CT molecular complexity index is 501. The molecule has 0 aliphatic carbocycles. The van der Waals surface area contributed by atoms with E-state index >= 15 is 0 Å². The van der Waals surface area contributed by atoms with E-state index in [1.54, 1.807) is 17.5 Å². The summed E-state index contributed by atoms with van der Waals surface area (Å²) < 4.78 is 1.13. The van der Waals surface area contributed by atoms with Crippen molar-refractivity contribution < 1.29 is 5.11 Å². The standard InChI is InChI=1S/C12H13BrN2OS/c1-15(6-9-5-11(13)17-8-9)12-10(7-16)3-2-4-14-12/h2-5,8,16H,6-7H2,1H3. The van der Waals surface area contributed by atoms with E-state index in [1.807, 2.05) is 24.1 Å². The number of hydrogen-bond donors (Lipinski definition) is 1. The first-order valence-electron chi connectivity index (χ1n) is 5.19. The van der Waals surface area contributed by atoms with Crippen LogP contribution in [-0.2, 0) is 13.2 Å². The molecule has 2 heterocycles. The van der Waals surface area contributed by atoms with Gasteiger partial charge in [0.1, 0.15) is 5.82 Å². The smallest absolute Gasteiger partial charge is 0.134 e. The Morgan fingerprint density at radius 1 is 1.53 bits per heavy atom. The van der Waals surface area contributed by atoms with Gasteiger partial charge in [0.15, 0.2) is 0 Å². The molecule has 0 radical (unpaired) electrons. The van der Waals surface area contributed by atoms with Crippen molar-refractivity contribution in [3.8, 4) is 0 Å². The average Bonchev–Trinajstić information content (AvgIpc) is 2.74. The molecule has 2 rings (SSSR count). The summed E-state index contributed by atoms with van der Waals surface area (Å²) in [6.07, 6.45) is 1.74. The molecule has 0 saturated heterocycles. The number of pyridine rings is 1. The van der Waals surface area contributed by atoms with Crippen LogP contribution in [0.4, 0.5) is 5.82 Å². The highest BCUT2D eigenvalue weighted by Gasteiger charge is 2.09. The molecule has 3 nitrogen and oxygen atoms in total. The zero-order valence-electron chi connectivity index (χ0n) is 9.43. The number of anilines is 1. The molecule has 90 valence electrons. The lowest BCUT2D eigenvalue weighted by Crippen LogP contribution is -2.19. The van der Waals surface area contributed by atoms with Crippen LogP contribution in [0.5, 0.6) is 0 Å². The van der Waals surface area contributed by atoms with E-state index in [1.165, 1.54) is 5.56 Å². The quantitative estimate of drug-likeness (QED) is 0.942. The maximum absolute atomic E-state index is 9.27. The van der Waals surface area contributed by atoms with Gasteiger partial charge in [-0.25, -0.2) is 4.98 Å². The molecule has 0 bridgehead atoms. The fourth-order valence-corrected chi connectivity index (χ4v) is 2.88. The zero-order valence-corrected chi connectivity index (χ0v) is 11.8. The molecular formula is C12H13BrN2OS. The third-order valence-corrected chi connectivity index (χ3v) is 3.99. The number of hydrogen-bond acceptors (Lipinski definition) is 4. The monoisotopic (exact) mass is 312 g/mol. The summed E-state index contributed by atoms with van der Waals surface area (Å²) in [5.74, 6) is 0.831. The molecule has 0 unspecified atom stereocenters. The number of nitrogens with zero attached hydrogens (tertiary/aromatic N) is 2. The van der Waals surface area contributed by atoms with E-state index in [0.717, 1.165) is 21.7 Å². The fourth-order valence-electron chi connectivity index (χ4n) is 1.67. The largest absolute Gasteiger partial charge is 0.392 e. The molecule has 2 aromatic heterocycles. The second kappa shape index (κ2) is 5.62. The normalized spacial score (nSPS) is 10.5. The number of halogens is 1. The van der Waals surface area contributed by atoms with Gasteiger partial charge in [-0.05, 0) is 39.0 Å². The predicted molar refractivity (Wildman–Crippen MR) is 74.3 cm³/mol. The van der Waals surface area contributed by atoms with Crippen LogP contribution in [0.1, 0.15) is 11.1 Å². The Morgan fingerprint density at radius 2 is 2.35 bits per heavy atom. The Labute approximate surface area is 113 Å². The topological polar surface area (TPSA) is 36.4 Å². The van der Waals surface area contributed by atoms with E-state index in [9.17, 15) is 5.11 Å². The van der Waals surface area contributed by atoms with Crippen LogP contribution in [0, 0.1) is 0 Å². The van der Waals surface area contributed by atoms with Gasteiger partial charge < -0.3 is 10.0 Å². The van der Waals surface area contributed by atoms with E-state index in [0.29, 0.717) is 0 Å². The van der Waals surface area contributed by atoms with Crippen molar-refractivity contribution in [1.29, 1.82) is 0 Å². The number of aliphatic hydroxyl groups is 1. The maximum Gasteiger partial charge on any atom is 0.134 e. The minimum Gasteiger partial charge on any atom is -0.392 e. The Morgan fingerprint density at radius 3 is 3.00 bits per heavy atom. The highest BCUT2D eigenvalue weighted by molar-refractivity contribution is 9.11. The van der Waals surface area contributed by atoms with E-state index in [-0.39, 0.29) is 6.61 Å². The third kappa shape index (κ3) is 3.06. The summed E-state index contributed by atoms with van der Waals surface area (Å²) in [6, 6.07) is 5.83. The van der Waals surface area contributed by atoms with Gasteiger partial charge in [0.2, 0.25) is 0 Å². The summed E-state index contributed by atoms with van der Waals surface area (Å²) in [4.78, 5) is 6.35. The summed E-state index contributed by atoms with van der Waals surface area (Å²) in [5, 5.41) is 11.4. The summed E-state index contributed by atoms with van der Waals surface area (Å²) >= 11 is 5.12. The number of thiophene rings is 1. The molecule has 0 spiro atoms. The lowest BCUT2D eigenvalue weighted by atomic mass is 10.2. The Balaban J connectivity index is 2.16. The van der Waals surface area contributed by atoms with Crippen LogP contribution < -0.4 is 4.90 Å². The van der Waals surface area contributed by atoms with Gasteiger partial charge in [0, 0.05) is 25.4 Å². The van der Waals surface area contributed by atoms with Gasteiger partial charge in [-0.2, -0.15) is 0 Å². The van der Waals surface area contributed by atoms with Crippen LogP contribution in [0.25, 0.3) is 0 Å². The van der Waals surface area contributed by atoms with Gasteiger partial charge in [-0.1, -0.05) is 6.07 Å². The number of aromatic nitrogens is 1. The van der Waals surface area contributed by atoms with Gasteiger partial charge >= 0.3 is 0 Å². The lowest BCUT2D eigenvalue weighted by molar-refractivity contribution is 0.281. The molecule has 17 heavy (non-hydrogen) atoms. The lowest BCUT2D eigenvalue weighted by Gasteiger charge is -2.19. The maximum atomic E-state index is 9.27. The van der Waals surface area contributed by atoms with Gasteiger partial charge in [0.25, 0.3) is 0 Å². The molecule has 5 heteroatoms. The van der Waals surface area contributed by atoms with Crippen molar-refractivity contribution in [2.24, 2.45) is 0 Å². The summed E-state index contributed by atoms with van der Waals surface area (Å²) in [5.41, 5.74) is 2.09. The Hall–Kier alpha value is -0.910. The molecular weight excluding hydrogens is 300 g/mol. The second-order valence-electron chi connectivity index (χ2n) is 3.76. The van der Waals surface area contributed by atoms with Crippen molar-refractivity contribution >= 4 is 33.1 Å². The number of rotatable bonds is 4. The molecule has 1 N–H and O–H groups in total. The first-order valence-corrected chi connectivity index (χ1v) is 6.87. The van der Waals surface area contributed by atoms with E-state index in [4.69, 9.17) is 0 Å². The SMILES string of the molecule is CN(Cc1csc(Br)c1)c1ncccc1CO. The first kappa shape index (κ1) is 12.5. The highest BCUT2D eigenvalue weighted by atomic mass is 79.9. The summed E-state index contributed by atoms with van der Waals surface area (Å²) in [6.45, 7) is 0.799. The molecule has 0 fully saturated rings. The first-order chi connectivity index (χ1) is 8.20. The molecule has 0 aliphatic heterocycles. The molecule has 0 amide bonds. The van der Waals surface area contributed by atoms with Crippen LogP contribution in [0.3, 0.4) is 0 Å². The fraction of sp³-hybridized carbons (Fsp3) is 0.250. The average molecular weight is 313 g/mol. The van der Waals surface area contributed by atoms with Crippen molar-refractivity contribution in [3.05, 3.63) is 44.7 Å². The summed E-state index contributed by atoms with van der Waals surface area (Å²) in [7, 11) is 1.98.